The molecule has 1 aliphatic carbocycles. The Balaban J connectivity index is 0.000000454. The predicted octanol–water partition coefficient (Wildman–Crippen LogP) is 3.66. The van der Waals surface area contributed by atoms with Crippen LogP contribution in [0.25, 0.3) is 0 Å². The number of anilines is 1. The molecule has 0 aromatic carbocycles. The molecule has 3 fully saturated rings. The first-order valence-electron chi connectivity index (χ1n) is 13.1. The molecule has 2 atom stereocenters. The second-order valence-electron chi connectivity index (χ2n) is 10.9. The lowest BCUT2D eigenvalue weighted by Gasteiger charge is -2.41. The summed E-state index contributed by atoms with van der Waals surface area (Å²) in [5.74, 6) is 1.84. The largest absolute Gasteiger partial charge is 0.350 e. The average Bonchev–Trinajstić information content (AvgIpc) is 2.73. The second-order valence-corrected chi connectivity index (χ2v) is 10.9. The van der Waals surface area contributed by atoms with Crippen molar-refractivity contribution in [2.24, 2.45) is 11.7 Å². The lowest BCUT2D eigenvalue weighted by Crippen LogP contribution is -2.53. The van der Waals surface area contributed by atoms with Crippen LogP contribution >= 0.6 is 0 Å². The molecule has 0 amide bonds. The summed E-state index contributed by atoms with van der Waals surface area (Å²) in [5.41, 5.74) is 7.55. The van der Waals surface area contributed by atoms with E-state index in [2.05, 4.69) is 38.9 Å². The molecule has 33 heavy (non-hydrogen) atoms. The van der Waals surface area contributed by atoms with E-state index in [-0.39, 0.29) is 17.7 Å². The molecule has 2 aliphatic heterocycles. The molecule has 186 valence electrons. The number of nitrogens with one attached hydrogen (secondary N) is 1. The van der Waals surface area contributed by atoms with Crippen molar-refractivity contribution in [1.29, 1.82) is 0 Å². The van der Waals surface area contributed by atoms with Crippen LogP contribution < -0.4 is 11.1 Å². The number of aromatic nitrogens is 2. The minimum absolute atomic E-state index is 0.213. The molecule has 2 unspecified atom stereocenters. The van der Waals surface area contributed by atoms with Crippen molar-refractivity contribution in [3.8, 4) is 0 Å². The lowest BCUT2D eigenvalue weighted by molar-refractivity contribution is -0.119. The number of carbonyl (C=O) groups excluding carboxylic acids is 1. The van der Waals surface area contributed by atoms with E-state index in [4.69, 9.17) is 5.73 Å². The maximum absolute atomic E-state index is 10.1. The van der Waals surface area contributed by atoms with Crippen LogP contribution in [-0.2, 0) is 4.79 Å². The van der Waals surface area contributed by atoms with Crippen molar-refractivity contribution >= 4 is 11.7 Å². The van der Waals surface area contributed by atoms with Crippen LogP contribution in [0, 0.1) is 5.92 Å². The molecule has 7 nitrogen and oxygen atoms in total. The van der Waals surface area contributed by atoms with E-state index in [1.54, 1.807) is 6.92 Å². The zero-order valence-electron chi connectivity index (χ0n) is 21.5. The van der Waals surface area contributed by atoms with Crippen molar-refractivity contribution in [1.82, 2.24) is 19.8 Å². The summed E-state index contributed by atoms with van der Waals surface area (Å²) in [4.78, 5) is 24.5. The highest BCUT2D eigenvalue weighted by molar-refractivity contribution is 5.77. The van der Waals surface area contributed by atoms with Gasteiger partial charge in [0.05, 0.1) is 0 Å². The average molecular weight is 459 g/mol. The third kappa shape index (κ3) is 7.72. The molecular formula is C26H46N6O. The van der Waals surface area contributed by atoms with Gasteiger partial charge >= 0.3 is 0 Å². The SMILES string of the molecule is CC(=O)C(C)C.CC(C)N1CC(N)CC(Nc2ncc(C3CCN(C4CCC4)CC3)cn2)C1. The molecule has 3 N–H and O–H groups in total. The van der Waals surface area contributed by atoms with Crippen LogP contribution in [-0.4, -0.2) is 75.9 Å². The third-order valence-corrected chi connectivity index (χ3v) is 7.65. The Bertz CT molecular complexity index is 725. The van der Waals surface area contributed by atoms with Gasteiger partial charge in [-0.3, -0.25) is 9.69 Å². The van der Waals surface area contributed by atoms with Crippen molar-refractivity contribution in [2.75, 3.05) is 31.5 Å². The molecule has 3 aliphatic rings. The number of likely N-dealkylation sites (tertiary alicyclic amines) is 2. The maximum atomic E-state index is 10.1. The molecule has 2 saturated heterocycles. The van der Waals surface area contributed by atoms with Crippen LogP contribution in [0.5, 0.6) is 0 Å². The molecule has 0 bridgehead atoms. The summed E-state index contributed by atoms with van der Waals surface area (Å²) in [6.45, 7) is 14.3. The van der Waals surface area contributed by atoms with Gasteiger partial charge in [-0.25, -0.2) is 9.97 Å². The number of carbonyl (C=O) groups is 1. The van der Waals surface area contributed by atoms with E-state index in [9.17, 15) is 4.79 Å². The number of hydrogen-bond donors (Lipinski definition) is 2. The number of nitrogens with two attached hydrogens (primary N) is 1. The summed E-state index contributed by atoms with van der Waals surface area (Å²) in [6, 6.07) is 1.95. The highest BCUT2D eigenvalue weighted by Crippen LogP contribution is 2.33. The fourth-order valence-corrected chi connectivity index (χ4v) is 4.86. The molecule has 0 radical (unpaired) electrons. The first kappa shape index (κ1) is 26.0. The van der Waals surface area contributed by atoms with Gasteiger partial charge in [0.15, 0.2) is 0 Å². The maximum Gasteiger partial charge on any atom is 0.222 e. The zero-order chi connectivity index (χ0) is 24.0. The van der Waals surface area contributed by atoms with Crippen molar-refractivity contribution < 1.29 is 4.79 Å². The topological polar surface area (TPSA) is 87.4 Å². The monoisotopic (exact) mass is 458 g/mol. The number of ketones is 1. The van der Waals surface area contributed by atoms with E-state index in [0.29, 0.717) is 18.0 Å². The normalized spacial score (nSPS) is 25.5. The molecule has 1 saturated carbocycles. The van der Waals surface area contributed by atoms with Gasteiger partial charge in [-0.2, -0.15) is 0 Å². The van der Waals surface area contributed by atoms with Crippen molar-refractivity contribution in [2.45, 2.75) is 103 Å². The van der Waals surface area contributed by atoms with Gasteiger partial charge in [-0.1, -0.05) is 20.3 Å². The van der Waals surface area contributed by atoms with Crippen molar-refractivity contribution in [3.05, 3.63) is 18.0 Å². The zero-order valence-corrected chi connectivity index (χ0v) is 21.5. The van der Waals surface area contributed by atoms with E-state index >= 15 is 0 Å². The third-order valence-electron chi connectivity index (χ3n) is 7.65. The van der Waals surface area contributed by atoms with E-state index < -0.39 is 0 Å². The Morgan fingerprint density at radius 1 is 1.06 bits per heavy atom. The van der Waals surface area contributed by atoms with Crippen LogP contribution in [0.1, 0.15) is 84.6 Å². The van der Waals surface area contributed by atoms with E-state index in [1.165, 1.54) is 50.8 Å². The summed E-state index contributed by atoms with van der Waals surface area (Å²) >= 11 is 0. The number of rotatable bonds is 6. The first-order valence-corrected chi connectivity index (χ1v) is 13.1. The summed E-state index contributed by atoms with van der Waals surface area (Å²) in [6.07, 6.45) is 11.8. The number of nitrogens with zero attached hydrogens (tertiary/aromatic N) is 4. The molecule has 3 heterocycles. The van der Waals surface area contributed by atoms with Gasteiger partial charge in [-0.05, 0) is 77.4 Å². The Kier molecular flexibility index (Phi) is 9.65. The van der Waals surface area contributed by atoms with Gasteiger partial charge in [0, 0.05) is 55.6 Å². The Morgan fingerprint density at radius 2 is 1.67 bits per heavy atom. The number of hydrogen-bond acceptors (Lipinski definition) is 7. The fraction of sp³-hybridized carbons (Fsp3) is 0.808. The Hall–Kier alpha value is -1.57. The summed E-state index contributed by atoms with van der Waals surface area (Å²) in [7, 11) is 0. The fourth-order valence-electron chi connectivity index (χ4n) is 4.86. The van der Waals surface area contributed by atoms with E-state index in [1.807, 2.05) is 26.2 Å². The van der Waals surface area contributed by atoms with Crippen molar-refractivity contribution in [3.63, 3.8) is 0 Å². The molecule has 1 aromatic heterocycles. The Morgan fingerprint density at radius 3 is 2.15 bits per heavy atom. The molecule has 0 spiro atoms. The lowest BCUT2D eigenvalue weighted by atomic mass is 9.86. The van der Waals surface area contributed by atoms with Crippen LogP contribution in [0.15, 0.2) is 12.4 Å². The standard InChI is InChI=1S/C21H36N6.C5H10O/c1-15(2)27-13-18(22)10-19(14-27)25-21-23-11-17(12-24-21)16-6-8-26(9-7-16)20-4-3-5-20;1-4(2)5(3)6/h11-12,15-16,18-20H,3-10,13-14,22H2,1-2H3,(H,23,24,25);4H,1-3H3. The number of Topliss-reactive ketones (excluding diaryl/α,β-unsaturated/α-hetero) is 1. The van der Waals surface area contributed by atoms with Gasteiger partial charge in [0.1, 0.15) is 5.78 Å². The van der Waals surface area contributed by atoms with Crippen LogP contribution in [0.4, 0.5) is 5.95 Å². The summed E-state index contributed by atoms with van der Waals surface area (Å²) < 4.78 is 0. The quantitative estimate of drug-likeness (QED) is 0.672. The van der Waals surface area contributed by atoms with Crippen LogP contribution in [0.3, 0.4) is 0 Å². The number of piperidine rings is 2. The second kappa shape index (κ2) is 12.2. The molecule has 7 heteroatoms. The van der Waals surface area contributed by atoms with Gasteiger partial charge in [-0.15, -0.1) is 0 Å². The molecule has 4 rings (SSSR count). The highest BCUT2D eigenvalue weighted by Gasteiger charge is 2.30. The predicted molar refractivity (Wildman–Crippen MR) is 135 cm³/mol. The van der Waals surface area contributed by atoms with Gasteiger partial charge in [0.25, 0.3) is 0 Å². The van der Waals surface area contributed by atoms with Gasteiger partial charge in [0.2, 0.25) is 5.95 Å². The minimum Gasteiger partial charge on any atom is -0.350 e. The first-order chi connectivity index (χ1) is 15.7. The minimum atomic E-state index is 0.213. The van der Waals surface area contributed by atoms with Crippen LogP contribution in [0.2, 0.25) is 0 Å². The Labute approximate surface area is 200 Å². The molecule has 1 aromatic rings. The molecular weight excluding hydrogens is 412 g/mol. The van der Waals surface area contributed by atoms with E-state index in [0.717, 1.165) is 31.5 Å². The van der Waals surface area contributed by atoms with Gasteiger partial charge < -0.3 is 16.0 Å². The summed E-state index contributed by atoms with van der Waals surface area (Å²) in [5, 5.41) is 3.51. The highest BCUT2D eigenvalue weighted by atomic mass is 16.1. The smallest absolute Gasteiger partial charge is 0.222 e.